The first kappa shape index (κ1) is 42.4. The fourth-order valence-corrected chi connectivity index (χ4v) is 11.9. The SMILES string of the molecule is c1ccc(-c2ccc(N(c3ccc(-c4ccc(-c5ccc6c(c5)c5ccccc5n6-c5cccc6ccccc56)cc4)cc3)c3ccc4c(c3)C(c3ccccc3)(c3ccccc3)c3ccccc3-4)cc2)cc1. The summed E-state index contributed by atoms with van der Waals surface area (Å²) in [6.07, 6.45) is 0. The van der Waals surface area contributed by atoms with Crippen molar-refractivity contribution in [3.05, 3.63) is 313 Å². The highest BCUT2D eigenvalue weighted by Gasteiger charge is 2.46. The molecule has 1 aliphatic carbocycles. The van der Waals surface area contributed by atoms with E-state index < -0.39 is 5.41 Å². The van der Waals surface area contributed by atoms with Gasteiger partial charge >= 0.3 is 0 Å². The van der Waals surface area contributed by atoms with Crippen molar-refractivity contribution in [2.45, 2.75) is 5.41 Å². The summed E-state index contributed by atoms with van der Waals surface area (Å²) < 4.78 is 2.43. The van der Waals surface area contributed by atoms with Crippen LogP contribution >= 0.6 is 0 Å². The molecule has 1 aromatic heterocycles. The standard InChI is InChI=1S/C71H48N2/c1-4-17-49(18-5-1)51-35-40-58(41-36-51)72(60-44-45-63-62-26-12-14-28-66(62)71(67(63)48-60,56-21-6-2-7-22-56)57-23-8-3-9-24-57)59-42-37-52(38-43-59)50-31-33-53(34-32-50)55-39-46-70-65(47-55)64-27-13-15-29-69(64)73(70)68-30-16-20-54-19-10-11-25-61(54)68/h1-48H. The molecule has 2 nitrogen and oxygen atoms in total. The van der Waals surface area contributed by atoms with Gasteiger partial charge in [0, 0.05) is 33.2 Å². The topological polar surface area (TPSA) is 8.17 Å². The molecule has 13 aromatic rings. The zero-order valence-electron chi connectivity index (χ0n) is 40.1. The molecule has 0 spiro atoms. The fraction of sp³-hybridized carbons (Fsp3) is 0.0141. The molecule has 0 bridgehead atoms. The Bertz CT molecular complexity index is 4110. The molecule has 73 heavy (non-hydrogen) atoms. The summed E-state index contributed by atoms with van der Waals surface area (Å²) in [7, 11) is 0. The number of hydrogen-bond acceptors (Lipinski definition) is 1. The molecule has 14 rings (SSSR count). The average Bonchev–Trinajstić information content (AvgIpc) is 4.01. The molecule has 0 amide bonds. The lowest BCUT2D eigenvalue weighted by molar-refractivity contribution is 0.768. The van der Waals surface area contributed by atoms with Gasteiger partial charge < -0.3 is 9.47 Å². The van der Waals surface area contributed by atoms with Crippen LogP contribution in [0.4, 0.5) is 17.1 Å². The summed E-state index contributed by atoms with van der Waals surface area (Å²) in [6, 6.07) is 107. The monoisotopic (exact) mass is 928 g/mol. The van der Waals surface area contributed by atoms with Crippen LogP contribution in [0.25, 0.3) is 82.8 Å². The van der Waals surface area contributed by atoms with Gasteiger partial charge in [0.2, 0.25) is 0 Å². The predicted octanol–water partition coefficient (Wildman–Crippen LogP) is 18.8. The lowest BCUT2D eigenvalue weighted by Crippen LogP contribution is -2.28. The van der Waals surface area contributed by atoms with Crippen molar-refractivity contribution < 1.29 is 0 Å². The average molecular weight is 929 g/mol. The first-order valence-electron chi connectivity index (χ1n) is 25.2. The van der Waals surface area contributed by atoms with E-state index in [2.05, 4.69) is 301 Å². The van der Waals surface area contributed by atoms with Gasteiger partial charge in [0.25, 0.3) is 0 Å². The minimum absolute atomic E-state index is 0.508. The number of nitrogens with zero attached hydrogens (tertiary/aromatic N) is 2. The van der Waals surface area contributed by atoms with Crippen LogP contribution in [0, 0.1) is 0 Å². The van der Waals surface area contributed by atoms with Crippen LogP contribution in [0.2, 0.25) is 0 Å². The molecule has 12 aromatic carbocycles. The predicted molar refractivity (Wildman–Crippen MR) is 307 cm³/mol. The van der Waals surface area contributed by atoms with Crippen LogP contribution in [0.1, 0.15) is 22.3 Å². The number of para-hydroxylation sites is 1. The van der Waals surface area contributed by atoms with E-state index >= 15 is 0 Å². The number of aromatic nitrogens is 1. The van der Waals surface area contributed by atoms with Crippen molar-refractivity contribution in [3.8, 4) is 50.2 Å². The summed E-state index contributed by atoms with van der Waals surface area (Å²) in [5, 5.41) is 4.98. The van der Waals surface area contributed by atoms with Gasteiger partial charge in [-0.15, -0.1) is 0 Å². The molecule has 0 saturated heterocycles. The van der Waals surface area contributed by atoms with E-state index in [9.17, 15) is 0 Å². The molecule has 1 aliphatic rings. The minimum atomic E-state index is -0.508. The maximum atomic E-state index is 2.45. The molecule has 0 saturated carbocycles. The quantitative estimate of drug-likeness (QED) is 0.140. The molecule has 0 aliphatic heterocycles. The van der Waals surface area contributed by atoms with E-state index in [1.54, 1.807) is 0 Å². The van der Waals surface area contributed by atoms with Gasteiger partial charge in [-0.25, -0.2) is 0 Å². The largest absolute Gasteiger partial charge is 0.310 e. The maximum absolute atomic E-state index is 2.45. The van der Waals surface area contributed by atoms with E-state index in [-0.39, 0.29) is 0 Å². The number of hydrogen-bond donors (Lipinski definition) is 0. The molecule has 0 unspecified atom stereocenters. The highest BCUT2D eigenvalue weighted by Crippen LogP contribution is 2.57. The van der Waals surface area contributed by atoms with Crippen molar-refractivity contribution >= 4 is 49.6 Å². The molecule has 0 atom stereocenters. The Morgan fingerprint density at radius 2 is 0.740 bits per heavy atom. The zero-order valence-corrected chi connectivity index (χ0v) is 40.1. The molecular weight excluding hydrogens is 881 g/mol. The smallest absolute Gasteiger partial charge is 0.0714 e. The highest BCUT2D eigenvalue weighted by atomic mass is 15.1. The Morgan fingerprint density at radius 1 is 0.274 bits per heavy atom. The summed E-state index contributed by atoms with van der Waals surface area (Å²) >= 11 is 0. The summed E-state index contributed by atoms with van der Waals surface area (Å²) in [5.41, 5.74) is 21.1. The van der Waals surface area contributed by atoms with Gasteiger partial charge in [-0.05, 0) is 133 Å². The van der Waals surface area contributed by atoms with E-state index in [4.69, 9.17) is 0 Å². The normalized spacial score (nSPS) is 12.5. The first-order valence-corrected chi connectivity index (χ1v) is 25.2. The van der Waals surface area contributed by atoms with E-state index in [0.717, 1.165) is 17.1 Å². The van der Waals surface area contributed by atoms with Crippen LogP contribution in [-0.2, 0) is 5.41 Å². The number of rotatable bonds is 9. The molecule has 2 heteroatoms. The highest BCUT2D eigenvalue weighted by molar-refractivity contribution is 6.11. The lowest BCUT2D eigenvalue weighted by Gasteiger charge is -2.35. The van der Waals surface area contributed by atoms with E-state index in [0.29, 0.717) is 0 Å². The van der Waals surface area contributed by atoms with E-state index in [1.165, 1.54) is 105 Å². The second-order valence-corrected chi connectivity index (χ2v) is 19.2. The van der Waals surface area contributed by atoms with Gasteiger partial charge in [-0.2, -0.15) is 0 Å². The Morgan fingerprint density at radius 3 is 1.41 bits per heavy atom. The van der Waals surface area contributed by atoms with Gasteiger partial charge in [0.1, 0.15) is 0 Å². The Hall–Kier alpha value is -9.50. The second-order valence-electron chi connectivity index (χ2n) is 19.2. The fourth-order valence-electron chi connectivity index (χ4n) is 11.9. The minimum Gasteiger partial charge on any atom is -0.310 e. The molecule has 342 valence electrons. The Kier molecular flexibility index (Phi) is 10.1. The van der Waals surface area contributed by atoms with Crippen LogP contribution in [0.15, 0.2) is 291 Å². The van der Waals surface area contributed by atoms with Crippen LogP contribution in [0.3, 0.4) is 0 Å². The summed E-state index contributed by atoms with van der Waals surface area (Å²) in [5.74, 6) is 0. The van der Waals surface area contributed by atoms with Gasteiger partial charge in [-0.1, -0.05) is 231 Å². The second kappa shape index (κ2) is 17.4. The third-order valence-electron chi connectivity index (χ3n) is 15.3. The number of anilines is 3. The van der Waals surface area contributed by atoms with Crippen LogP contribution < -0.4 is 4.90 Å². The summed E-state index contributed by atoms with van der Waals surface area (Å²) in [6.45, 7) is 0. The number of benzene rings is 12. The van der Waals surface area contributed by atoms with Crippen molar-refractivity contribution in [1.29, 1.82) is 0 Å². The third-order valence-corrected chi connectivity index (χ3v) is 15.3. The molecule has 0 radical (unpaired) electrons. The molecule has 0 fully saturated rings. The van der Waals surface area contributed by atoms with Gasteiger partial charge in [0.05, 0.1) is 22.1 Å². The lowest BCUT2D eigenvalue weighted by atomic mass is 9.67. The molecular formula is C71H48N2. The van der Waals surface area contributed by atoms with Crippen molar-refractivity contribution in [1.82, 2.24) is 4.57 Å². The maximum Gasteiger partial charge on any atom is 0.0714 e. The zero-order chi connectivity index (χ0) is 48.3. The summed E-state index contributed by atoms with van der Waals surface area (Å²) in [4.78, 5) is 2.42. The van der Waals surface area contributed by atoms with Crippen LogP contribution in [0.5, 0.6) is 0 Å². The number of fused-ring (bicyclic) bond motifs is 7. The van der Waals surface area contributed by atoms with Crippen molar-refractivity contribution in [2.75, 3.05) is 4.90 Å². The van der Waals surface area contributed by atoms with Crippen molar-refractivity contribution in [3.63, 3.8) is 0 Å². The van der Waals surface area contributed by atoms with E-state index in [1.807, 2.05) is 0 Å². The Labute approximate surface area is 426 Å². The van der Waals surface area contributed by atoms with Gasteiger partial charge in [-0.3, -0.25) is 0 Å². The molecule has 1 heterocycles. The first-order chi connectivity index (χ1) is 36.2. The molecule has 0 N–H and O–H groups in total. The van der Waals surface area contributed by atoms with Crippen molar-refractivity contribution in [2.24, 2.45) is 0 Å². The van der Waals surface area contributed by atoms with Gasteiger partial charge in [0.15, 0.2) is 0 Å². The van der Waals surface area contributed by atoms with Crippen LogP contribution in [-0.4, -0.2) is 4.57 Å². The Balaban J connectivity index is 0.845. The third kappa shape index (κ3) is 6.94.